The molecule has 0 radical (unpaired) electrons. The minimum Gasteiger partial charge on any atom is -0.308 e. The van der Waals surface area contributed by atoms with Gasteiger partial charge in [-0.05, 0) is 32.1 Å². The Morgan fingerprint density at radius 2 is 1.84 bits per heavy atom. The van der Waals surface area contributed by atoms with E-state index in [1.165, 1.54) is 25.0 Å². The lowest BCUT2D eigenvalue weighted by atomic mass is 9.80. The summed E-state index contributed by atoms with van der Waals surface area (Å²) in [6.07, 6.45) is 4.80. The van der Waals surface area contributed by atoms with Crippen molar-refractivity contribution < 1.29 is 0 Å². The third kappa shape index (κ3) is 4.32. The number of allylic oxidation sites excluding steroid dienone is 1. The van der Waals surface area contributed by atoms with Crippen LogP contribution in [0.3, 0.4) is 0 Å². The maximum Gasteiger partial charge on any atom is 0.0304 e. The van der Waals surface area contributed by atoms with Crippen LogP contribution >= 0.6 is 0 Å². The van der Waals surface area contributed by atoms with Crippen LogP contribution in [0.15, 0.2) is 11.6 Å². The summed E-state index contributed by atoms with van der Waals surface area (Å²) in [5, 5.41) is 3.84. The molecule has 1 atom stereocenters. The molecule has 1 unspecified atom stereocenters. The second kappa shape index (κ2) is 6.41. The van der Waals surface area contributed by atoms with E-state index in [9.17, 15) is 0 Å². The average molecular weight is 266 g/mol. The standard InChI is InChI=1S/C17H34N2/c1-8-17(9-2)13-19(11-10-14(3)4)15(12-18-17)16(5,6)7/h10,15,18H,8-9,11-13H2,1-7H3. The number of nitrogens with zero attached hydrogens (tertiary/aromatic N) is 1. The lowest BCUT2D eigenvalue weighted by Crippen LogP contribution is -2.66. The Bertz CT molecular complexity index is 304. The van der Waals surface area contributed by atoms with Crippen molar-refractivity contribution in [2.75, 3.05) is 19.6 Å². The molecule has 0 spiro atoms. The van der Waals surface area contributed by atoms with Gasteiger partial charge in [-0.3, -0.25) is 4.90 Å². The summed E-state index contributed by atoms with van der Waals surface area (Å²) in [5.41, 5.74) is 2.07. The maximum absolute atomic E-state index is 3.84. The molecular weight excluding hydrogens is 232 g/mol. The van der Waals surface area contributed by atoms with E-state index in [-0.39, 0.29) is 0 Å². The minimum absolute atomic E-state index is 0.317. The molecule has 1 rings (SSSR count). The summed E-state index contributed by atoms with van der Waals surface area (Å²) in [4.78, 5) is 2.69. The number of rotatable bonds is 4. The number of nitrogens with one attached hydrogen (secondary N) is 1. The molecule has 0 aromatic rings. The van der Waals surface area contributed by atoms with Crippen LogP contribution in [-0.2, 0) is 0 Å². The molecule has 1 N–H and O–H groups in total. The lowest BCUT2D eigenvalue weighted by molar-refractivity contribution is 0.0272. The van der Waals surface area contributed by atoms with Crippen LogP contribution in [0, 0.1) is 5.41 Å². The summed E-state index contributed by atoms with van der Waals surface area (Å²) in [6.45, 7) is 19.5. The molecular formula is C17H34N2. The first-order chi connectivity index (χ1) is 8.74. The topological polar surface area (TPSA) is 15.3 Å². The van der Waals surface area contributed by atoms with Gasteiger partial charge in [0.25, 0.3) is 0 Å². The van der Waals surface area contributed by atoms with E-state index in [0.29, 0.717) is 17.0 Å². The Balaban J connectivity index is 2.89. The molecule has 1 fully saturated rings. The second-order valence-electron chi connectivity index (χ2n) is 7.46. The van der Waals surface area contributed by atoms with Gasteiger partial charge < -0.3 is 5.32 Å². The Morgan fingerprint density at radius 1 is 1.26 bits per heavy atom. The maximum atomic E-state index is 3.84. The van der Waals surface area contributed by atoms with Crippen molar-refractivity contribution in [2.45, 2.75) is 72.9 Å². The average Bonchev–Trinajstić information content (AvgIpc) is 2.34. The smallest absolute Gasteiger partial charge is 0.0304 e. The van der Waals surface area contributed by atoms with Crippen molar-refractivity contribution in [3.8, 4) is 0 Å². The zero-order valence-corrected chi connectivity index (χ0v) is 14.1. The molecule has 0 saturated carbocycles. The fraction of sp³-hybridized carbons (Fsp3) is 0.882. The second-order valence-corrected chi connectivity index (χ2v) is 7.46. The predicted octanol–water partition coefficient (Wildman–Crippen LogP) is 3.83. The Kier molecular flexibility index (Phi) is 5.64. The van der Waals surface area contributed by atoms with E-state index in [1.807, 2.05) is 0 Å². The first kappa shape index (κ1) is 16.7. The Labute approximate surface area is 120 Å². The van der Waals surface area contributed by atoms with E-state index >= 15 is 0 Å². The van der Waals surface area contributed by atoms with Gasteiger partial charge in [0.2, 0.25) is 0 Å². The fourth-order valence-electron chi connectivity index (χ4n) is 3.07. The van der Waals surface area contributed by atoms with Crippen LogP contribution in [-0.4, -0.2) is 36.1 Å². The molecule has 0 aliphatic carbocycles. The highest BCUT2D eigenvalue weighted by molar-refractivity contribution is 5.03. The van der Waals surface area contributed by atoms with Crippen LogP contribution in [0.4, 0.5) is 0 Å². The molecule has 2 heteroatoms. The minimum atomic E-state index is 0.317. The zero-order valence-electron chi connectivity index (χ0n) is 14.1. The van der Waals surface area contributed by atoms with Crippen molar-refractivity contribution in [3.63, 3.8) is 0 Å². The summed E-state index contributed by atoms with van der Waals surface area (Å²) in [7, 11) is 0. The third-order valence-corrected chi connectivity index (χ3v) is 4.70. The van der Waals surface area contributed by atoms with Gasteiger partial charge in [0.15, 0.2) is 0 Å². The van der Waals surface area contributed by atoms with Gasteiger partial charge in [-0.15, -0.1) is 0 Å². The highest BCUT2D eigenvalue weighted by atomic mass is 15.3. The molecule has 1 heterocycles. The van der Waals surface area contributed by atoms with Crippen molar-refractivity contribution in [1.29, 1.82) is 0 Å². The quantitative estimate of drug-likeness (QED) is 0.778. The normalized spacial score (nSPS) is 24.3. The van der Waals surface area contributed by atoms with Crippen molar-refractivity contribution >= 4 is 0 Å². The molecule has 1 aliphatic heterocycles. The first-order valence-electron chi connectivity index (χ1n) is 7.86. The lowest BCUT2D eigenvalue weighted by Gasteiger charge is -2.51. The van der Waals surface area contributed by atoms with E-state index in [2.05, 4.69) is 64.8 Å². The fourth-order valence-corrected chi connectivity index (χ4v) is 3.07. The van der Waals surface area contributed by atoms with Gasteiger partial charge >= 0.3 is 0 Å². The van der Waals surface area contributed by atoms with Gasteiger partial charge in [0.05, 0.1) is 0 Å². The third-order valence-electron chi connectivity index (χ3n) is 4.70. The number of piperazine rings is 1. The van der Waals surface area contributed by atoms with Crippen LogP contribution in [0.25, 0.3) is 0 Å². The van der Waals surface area contributed by atoms with Gasteiger partial charge in [0.1, 0.15) is 0 Å². The van der Waals surface area contributed by atoms with E-state index < -0.39 is 0 Å². The van der Waals surface area contributed by atoms with Gasteiger partial charge in [-0.1, -0.05) is 46.3 Å². The number of hydrogen-bond acceptors (Lipinski definition) is 2. The van der Waals surface area contributed by atoms with E-state index in [4.69, 9.17) is 0 Å². The molecule has 2 nitrogen and oxygen atoms in total. The first-order valence-corrected chi connectivity index (χ1v) is 7.86. The molecule has 19 heavy (non-hydrogen) atoms. The monoisotopic (exact) mass is 266 g/mol. The SMILES string of the molecule is CCC1(CC)CN(CC=C(C)C)C(C(C)(C)C)CN1. The van der Waals surface area contributed by atoms with Gasteiger partial charge in [0, 0.05) is 31.2 Å². The zero-order chi connectivity index (χ0) is 14.7. The summed E-state index contributed by atoms with van der Waals surface area (Å²) >= 11 is 0. The van der Waals surface area contributed by atoms with Crippen LogP contribution in [0.2, 0.25) is 0 Å². The van der Waals surface area contributed by atoms with E-state index in [0.717, 1.165) is 13.1 Å². The predicted molar refractivity (Wildman–Crippen MR) is 85.6 cm³/mol. The molecule has 0 aromatic carbocycles. The number of hydrogen-bond donors (Lipinski definition) is 1. The summed E-state index contributed by atoms with van der Waals surface area (Å²) < 4.78 is 0. The summed E-state index contributed by atoms with van der Waals surface area (Å²) in [5.74, 6) is 0. The Hall–Kier alpha value is -0.340. The highest BCUT2D eigenvalue weighted by Gasteiger charge is 2.40. The largest absolute Gasteiger partial charge is 0.308 e. The molecule has 0 amide bonds. The molecule has 0 aromatic heterocycles. The molecule has 1 saturated heterocycles. The highest BCUT2D eigenvalue weighted by Crippen LogP contribution is 2.31. The van der Waals surface area contributed by atoms with E-state index in [1.54, 1.807) is 0 Å². The van der Waals surface area contributed by atoms with Crippen LogP contribution in [0.5, 0.6) is 0 Å². The summed E-state index contributed by atoms with van der Waals surface area (Å²) in [6, 6.07) is 0.620. The molecule has 0 bridgehead atoms. The van der Waals surface area contributed by atoms with Crippen LogP contribution in [0.1, 0.15) is 61.3 Å². The van der Waals surface area contributed by atoms with Crippen LogP contribution < -0.4 is 5.32 Å². The molecule has 112 valence electrons. The van der Waals surface area contributed by atoms with Gasteiger partial charge in [-0.2, -0.15) is 0 Å². The van der Waals surface area contributed by atoms with Crippen molar-refractivity contribution in [3.05, 3.63) is 11.6 Å². The van der Waals surface area contributed by atoms with Crippen molar-refractivity contribution in [2.24, 2.45) is 5.41 Å². The molecule has 1 aliphatic rings. The van der Waals surface area contributed by atoms with Crippen molar-refractivity contribution in [1.82, 2.24) is 10.2 Å². The Morgan fingerprint density at radius 3 is 2.26 bits per heavy atom. The van der Waals surface area contributed by atoms with Gasteiger partial charge in [-0.25, -0.2) is 0 Å².